The van der Waals surface area contributed by atoms with Crippen molar-refractivity contribution in [2.75, 3.05) is 59.0 Å². The Morgan fingerprint density at radius 1 is 0.920 bits per heavy atom. The van der Waals surface area contributed by atoms with E-state index in [-0.39, 0.29) is 11.8 Å². The van der Waals surface area contributed by atoms with E-state index in [1.807, 2.05) is 34.1 Å². The Labute approximate surface area is 148 Å². The number of hydrogen-bond acceptors (Lipinski definition) is 5. The molecule has 2 N–H and O–H groups in total. The fraction of sp³-hybridized carbons (Fsp3) is 0.556. The zero-order valence-corrected chi connectivity index (χ0v) is 14.5. The number of hydrogen-bond donors (Lipinski definition) is 1. The van der Waals surface area contributed by atoms with Crippen LogP contribution in [0, 0.1) is 0 Å². The van der Waals surface area contributed by atoms with Gasteiger partial charge in [0.15, 0.2) is 0 Å². The van der Waals surface area contributed by atoms with Crippen LogP contribution in [0.3, 0.4) is 0 Å². The van der Waals surface area contributed by atoms with Crippen LogP contribution in [-0.2, 0) is 16.1 Å². The van der Waals surface area contributed by atoms with Gasteiger partial charge in [-0.15, -0.1) is 0 Å². The van der Waals surface area contributed by atoms with Crippen molar-refractivity contribution in [2.24, 2.45) is 5.73 Å². The Bertz CT molecular complexity index is 591. The number of piperazine rings is 1. The minimum absolute atomic E-state index is 0.0175. The summed E-state index contributed by atoms with van der Waals surface area (Å²) < 4.78 is 5.31. The van der Waals surface area contributed by atoms with Crippen molar-refractivity contribution in [1.82, 2.24) is 14.7 Å². The molecule has 0 radical (unpaired) electrons. The number of nitrogens with two attached hydrogens (primary N) is 1. The normalized spacial score (nSPS) is 19.1. The van der Waals surface area contributed by atoms with Gasteiger partial charge in [0.2, 0.25) is 5.91 Å². The summed E-state index contributed by atoms with van der Waals surface area (Å²) in [5.41, 5.74) is 7.27. The Hall–Kier alpha value is -1.96. The van der Waals surface area contributed by atoms with E-state index in [0.717, 1.165) is 18.7 Å². The van der Waals surface area contributed by atoms with Crippen molar-refractivity contribution in [3.8, 4) is 0 Å². The first-order chi connectivity index (χ1) is 12.2. The van der Waals surface area contributed by atoms with Crippen molar-refractivity contribution in [3.63, 3.8) is 0 Å². The molecule has 2 aliphatic heterocycles. The molecule has 7 heteroatoms. The van der Waals surface area contributed by atoms with Gasteiger partial charge in [-0.3, -0.25) is 14.5 Å². The molecule has 25 heavy (non-hydrogen) atoms. The maximum Gasteiger partial charge on any atom is 0.253 e. The Kier molecular flexibility index (Phi) is 6.01. The number of ether oxygens (including phenoxy) is 1. The Morgan fingerprint density at radius 2 is 1.52 bits per heavy atom. The molecule has 0 spiro atoms. The first-order valence-corrected chi connectivity index (χ1v) is 8.83. The van der Waals surface area contributed by atoms with Gasteiger partial charge in [-0.25, -0.2) is 0 Å². The smallest absolute Gasteiger partial charge is 0.253 e. The lowest BCUT2D eigenvalue weighted by Crippen LogP contribution is -2.53. The summed E-state index contributed by atoms with van der Waals surface area (Å²) in [6.07, 6.45) is 0. The lowest BCUT2D eigenvalue weighted by Gasteiger charge is -2.36. The van der Waals surface area contributed by atoms with Gasteiger partial charge in [0.05, 0.1) is 19.8 Å². The van der Waals surface area contributed by atoms with Crippen LogP contribution in [0.2, 0.25) is 0 Å². The van der Waals surface area contributed by atoms with Crippen molar-refractivity contribution >= 4 is 11.8 Å². The third-order valence-electron chi connectivity index (χ3n) is 4.82. The van der Waals surface area contributed by atoms with Gasteiger partial charge in [-0.05, 0) is 17.7 Å². The van der Waals surface area contributed by atoms with Crippen LogP contribution < -0.4 is 5.73 Å². The van der Waals surface area contributed by atoms with Gasteiger partial charge in [0.1, 0.15) is 0 Å². The van der Waals surface area contributed by atoms with E-state index in [0.29, 0.717) is 58.0 Å². The molecule has 0 aliphatic carbocycles. The number of amides is 2. The third-order valence-corrected chi connectivity index (χ3v) is 4.82. The van der Waals surface area contributed by atoms with Crippen LogP contribution in [-0.4, -0.2) is 85.5 Å². The topological polar surface area (TPSA) is 79.1 Å². The van der Waals surface area contributed by atoms with E-state index < -0.39 is 0 Å². The minimum Gasteiger partial charge on any atom is -0.379 e. The van der Waals surface area contributed by atoms with E-state index >= 15 is 0 Å². The summed E-state index contributed by atoms with van der Waals surface area (Å²) in [5.74, 6) is 0.158. The van der Waals surface area contributed by atoms with Gasteiger partial charge in [0.25, 0.3) is 5.91 Å². The molecule has 0 saturated carbocycles. The molecule has 0 bridgehead atoms. The molecular formula is C18H26N4O3. The van der Waals surface area contributed by atoms with E-state index in [9.17, 15) is 9.59 Å². The number of carbonyl (C=O) groups is 2. The van der Waals surface area contributed by atoms with Gasteiger partial charge < -0.3 is 20.3 Å². The van der Waals surface area contributed by atoms with Crippen molar-refractivity contribution in [1.29, 1.82) is 0 Å². The molecule has 2 amide bonds. The van der Waals surface area contributed by atoms with Crippen molar-refractivity contribution in [2.45, 2.75) is 6.54 Å². The van der Waals surface area contributed by atoms with Crippen LogP contribution in [0.15, 0.2) is 24.3 Å². The zero-order valence-electron chi connectivity index (χ0n) is 14.5. The monoisotopic (exact) mass is 346 g/mol. The maximum atomic E-state index is 12.6. The molecule has 0 atom stereocenters. The molecular weight excluding hydrogens is 320 g/mol. The van der Waals surface area contributed by atoms with E-state index in [1.54, 1.807) is 0 Å². The fourth-order valence-electron chi connectivity index (χ4n) is 3.18. The lowest BCUT2D eigenvalue weighted by molar-refractivity contribution is -0.134. The SMILES string of the molecule is NCc1ccc(C(=O)N2CCN(C(=O)CN3CCOCC3)CC2)cc1. The predicted octanol–water partition coefficient (Wildman–Crippen LogP) is -0.238. The number of benzene rings is 1. The molecule has 7 nitrogen and oxygen atoms in total. The largest absolute Gasteiger partial charge is 0.379 e. The quantitative estimate of drug-likeness (QED) is 0.814. The van der Waals surface area contributed by atoms with Crippen LogP contribution in [0.25, 0.3) is 0 Å². The average Bonchev–Trinajstić information content (AvgIpc) is 2.68. The highest BCUT2D eigenvalue weighted by molar-refractivity contribution is 5.94. The molecule has 1 aromatic carbocycles. The lowest BCUT2D eigenvalue weighted by atomic mass is 10.1. The van der Waals surface area contributed by atoms with Crippen LogP contribution in [0.5, 0.6) is 0 Å². The van der Waals surface area contributed by atoms with Crippen LogP contribution >= 0.6 is 0 Å². The van der Waals surface area contributed by atoms with Gasteiger partial charge >= 0.3 is 0 Å². The second kappa shape index (κ2) is 8.42. The molecule has 2 saturated heterocycles. The summed E-state index contributed by atoms with van der Waals surface area (Å²) >= 11 is 0. The van der Waals surface area contributed by atoms with Gasteiger partial charge in [-0.1, -0.05) is 12.1 Å². The van der Waals surface area contributed by atoms with Crippen molar-refractivity contribution < 1.29 is 14.3 Å². The highest BCUT2D eigenvalue weighted by atomic mass is 16.5. The molecule has 2 aliphatic rings. The van der Waals surface area contributed by atoms with E-state index in [4.69, 9.17) is 10.5 Å². The number of carbonyl (C=O) groups excluding carboxylic acids is 2. The number of nitrogens with zero attached hydrogens (tertiary/aromatic N) is 3. The minimum atomic E-state index is 0.0175. The number of rotatable bonds is 4. The average molecular weight is 346 g/mol. The molecule has 2 fully saturated rings. The molecule has 0 aromatic heterocycles. The summed E-state index contributed by atoms with van der Waals surface area (Å²) in [4.78, 5) is 30.8. The first kappa shape index (κ1) is 17.8. The van der Waals surface area contributed by atoms with Gasteiger partial charge in [0, 0.05) is 51.4 Å². The summed E-state index contributed by atoms with van der Waals surface area (Å²) in [7, 11) is 0. The molecule has 0 unspecified atom stereocenters. The van der Waals surface area contributed by atoms with E-state index in [2.05, 4.69) is 4.90 Å². The van der Waals surface area contributed by atoms with Crippen LogP contribution in [0.4, 0.5) is 0 Å². The highest BCUT2D eigenvalue weighted by Crippen LogP contribution is 2.11. The maximum absolute atomic E-state index is 12.6. The highest BCUT2D eigenvalue weighted by Gasteiger charge is 2.26. The summed E-state index contributed by atoms with van der Waals surface area (Å²) in [6.45, 7) is 6.25. The Morgan fingerprint density at radius 3 is 2.12 bits per heavy atom. The second-order valence-corrected chi connectivity index (χ2v) is 6.46. The standard InChI is InChI=1S/C18H26N4O3/c19-13-15-1-3-16(4-2-15)18(24)22-7-5-21(6-8-22)17(23)14-20-9-11-25-12-10-20/h1-4H,5-14,19H2. The third kappa shape index (κ3) is 4.56. The van der Waals surface area contributed by atoms with Gasteiger partial charge in [-0.2, -0.15) is 0 Å². The molecule has 3 rings (SSSR count). The molecule has 136 valence electrons. The molecule has 2 heterocycles. The Balaban J connectivity index is 1.48. The fourth-order valence-corrected chi connectivity index (χ4v) is 3.18. The first-order valence-electron chi connectivity index (χ1n) is 8.83. The second-order valence-electron chi connectivity index (χ2n) is 6.46. The summed E-state index contributed by atoms with van der Waals surface area (Å²) in [6, 6.07) is 7.41. The summed E-state index contributed by atoms with van der Waals surface area (Å²) in [5, 5.41) is 0. The predicted molar refractivity (Wildman–Crippen MR) is 94.1 cm³/mol. The van der Waals surface area contributed by atoms with Crippen molar-refractivity contribution in [3.05, 3.63) is 35.4 Å². The van der Waals surface area contributed by atoms with Crippen LogP contribution in [0.1, 0.15) is 15.9 Å². The molecule has 1 aromatic rings. The number of morpholine rings is 1. The zero-order chi connectivity index (χ0) is 17.6. The van der Waals surface area contributed by atoms with E-state index in [1.165, 1.54) is 0 Å².